The minimum absolute atomic E-state index is 0.0835. The van der Waals surface area contributed by atoms with Gasteiger partial charge in [-0.25, -0.2) is 0 Å². The number of methoxy groups -OCH3 is 1. The SMILES string of the molecule is COC1=C(Br)CCC(C(=O)c2ccccc2)=C1. The summed E-state index contributed by atoms with van der Waals surface area (Å²) in [6.07, 6.45) is 3.39. The summed E-state index contributed by atoms with van der Waals surface area (Å²) in [5.74, 6) is 0.829. The summed E-state index contributed by atoms with van der Waals surface area (Å²) in [5, 5.41) is 0. The van der Waals surface area contributed by atoms with E-state index in [1.807, 2.05) is 36.4 Å². The van der Waals surface area contributed by atoms with E-state index >= 15 is 0 Å². The van der Waals surface area contributed by atoms with Crippen molar-refractivity contribution in [2.24, 2.45) is 0 Å². The Bertz CT molecular complexity index is 486. The number of rotatable bonds is 3. The van der Waals surface area contributed by atoms with E-state index in [0.717, 1.165) is 34.2 Å². The molecular formula is C14H13BrO2. The zero-order chi connectivity index (χ0) is 12.3. The molecule has 0 radical (unpaired) electrons. The van der Waals surface area contributed by atoms with Crippen LogP contribution in [0.4, 0.5) is 0 Å². The summed E-state index contributed by atoms with van der Waals surface area (Å²) >= 11 is 3.45. The van der Waals surface area contributed by atoms with Gasteiger partial charge in [0.15, 0.2) is 5.78 Å². The molecule has 0 N–H and O–H groups in total. The highest BCUT2D eigenvalue weighted by atomic mass is 79.9. The number of carbonyl (C=O) groups excluding carboxylic acids is 1. The molecule has 1 aromatic carbocycles. The van der Waals surface area contributed by atoms with E-state index in [-0.39, 0.29) is 5.78 Å². The molecule has 0 fully saturated rings. The average Bonchev–Trinajstić information content (AvgIpc) is 2.39. The number of carbonyl (C=O) groups is 1. The number of hydrogen-bond acceptors (Lipinski definition) is 2. The summed E-state index contributed by atoms with van der Waals surface area (Å²) in [5.41, 5.74) is 1.53. The van der Waals surface area contributed by atoms with Gasteiger partial charge in [0.05, 0.1) is 7.11 Å². The summed E-state index contributed by atoms with van der Waals surface area (Å²) < 4.78 is 6.24. The molecule has 0 amide bonds. The first kappa shape index (κ1) is 12.1. The molecule has 0 aromatic heterocycles. The summed E-state index contributed by atoms with van der Waals surface area (Å²) in [6.45, 7) is 0. The number of hydrogen-bond donors (Lipinski definition) is 0. The van der Waals surface area contributed by atoms with Crippen LogP contribution < -0.4 is 0 Å². The van der Waals surface area contributed by atoms with E-state index in [2.05, 4.69) is 15.9 Å². The maximum absolute atomic E-state index is 12.2. The molecule has 1 aliphatic rings. The lowest BCUT2D eigenvalue weighted by molar-refractivity contribution is 0.102. The van der Waals surface area contributed by atoms with E-state index in [1.54, 1.807) is 7.11 Å². The van der Waals surface area contributed by atoms with Gasteiger partial charge in [-0.2, -0.15) is 0 Å². The lowest BCUT2D eigenvalue weighted by atomic mass is 9.96. The van der Waals surface area contributed by atoms with Crippen LogP contribution in [-0.4, -0.2) is 12.9 Å². The number of benzene rings is 1. The minimum atomic E-state index is 0.0835. The van der Waals surface area contributed by atoms with Crippen LogP contribution in [0, 0.1) is 0 Å². The van der Waals surface area contributed by atoms with Gasteiger partial charge in [0.2, 0.25) is 0 Å². The Labute approximate surface area is 109 Å². The van der Waals surface area contributed by atoms with Gasteiger partial charge in [0.25, 0.3) is 0 Å². The van der Waals surface area contributed by atoms with Crippen molar-refractivity contribution < 1.29 is 9.53 Å². The topological polar surface area (TPSA) is 26.3 Å². The number of ketones is 1. The molecule has 0 atom stereocenters. The predicted molar refractivity (Wildman–Crippen MR) is 71.1 cm³/mol. The summed E-state index contributed by atoms with van der Waals surface area (Å²) in [4.78, 5) is 12.2. The van der Waals surface area contributed by atoms with Crippen LogP contribution in [0.25, 0.3) is 0 Å². The maximum Gasteiger partial charge on any atom is 0.189 e. The third kappa shape index (κ3) is 2.67. The van der Waals surface area contributed by atoms with E-state index in [4.69, 9.17) is 4.74 Å². The van der Waals surface area contributed by atoms with Gasteiger partial charge in [-0.05, 0) is 18.9 Å². The normalized spacial score (nSPS) is 15.5. The van der Waals surface area contributed by atoms with Crippen LogP contribution in [0.5, 0.6) is 0 Å². The molecular weight excluding hydrogens is 280 g/mol. The third-order valence-corrected chi connectivity index (χ3v) is 3.52. The van der Waals surface area contributed by atoms with Crippen molar-refractivity contribution in [3.05, 3.63) is 57.8 Å². The molecule has 0 saturated heterocycles. The van der Waals surface area contributed by atoms with Crippen LogP contribution in [-0.2, 0) is 4.74 Å². The molecule has 88 valence electrons. The maximum atomic E-state index is 12.2. The highest BCUT2D eigenvalue weighted by molar-refractivity contribution is 9.11. The Morgan fingerprint density at radius 3 is 2.59 bits per heavy atom. The van der Waals surface area contributed by atoms with Crippen LogP contribution in [0.2, 0.25) is 0 Å². The van der Waals surface area contributed by atoms with Gasteiger partial charge in [-0.1, -0.05) is 46.3 Å². The number of allylic oxidation sites excluding steroid dienone is 3. The lowest BCUT2D eigenvalue weighted by Gasteiger charge is -2.15. The smallest absolute Gasteiger partial charge is 0.189 e. The number of halogens is 1. The summed E-state index contributed by atoms with van der Waals surface area (Å²) in [6, 6.07) is 9.33. The van der Waals surface area contributed by atoms with Crippen molar-refractivity contribution in [2.45, 2.75) is 12.8 Å². The Morgan fingerprint density at radius 1 is 1.24 bits per heavy atom. The summed E-state index contributed by atoms with van der Waals surface area (Å²) in [7, 11) is 1.61. The molecule has 1 aromatic rings. The highest BCUT2D eigenvalue weighted by Gasteiger charge is 2.18. The molecule has 0 spiro atoms. The largest absolute Gasteiger partial charge is 0.496 e. The molecule has 2 nitrogen and oxygen atoms in total. The Balaban J connectivity index is 2.28. The van der Waals surface area contributed by atoms with E-state index in [0.29, 0.717) is 0 Å². The zero-order valence-corrected chi connectivity index (χ0v) is 11.2. The van der Waals surface area contributed by atoms with Crippen LogP contribution in [0.15, 0.2) is 52.2 Å². The highest BCUT2D eigenvalue weighted by Crippen LogP contribution is 2.29. The minimum Gasteiger partial charge on any atom is -0.496 e. The van der Waals surface area contributed by atoms with Gasteiger partial charge >= 0.3 is 0 Å². The van der Waals surface area contributed by atoms with Crippen molar-refractivity contribution in [3.8, 4) is 0 Å². The third-order valence-electron chi connectivity index (χ3n) is 2.73. The number of ether oxygens (including phenoxy) is 1. The Morgan fingerprint density at radius 2 is 1.94 bits per heavy atom. The van der Waals surface area contributed by atoms with Gasteiger partial charge in [0, 0.05) is 15.6 Å². The second kappa shape index (κ2) is 5.32. The standard InChI is InChI=1S/C14H13BrO2/c1-17-13-9-11(7-8-12(13)15)14(16)10-5-3-2-4-6-10/h2-6,9H,7-8H2,1H3. The molecule has 0 unspecified atom stereocenters. The number of Topliss-reactive ketones (excluding diaryl/α,β-unsaturated/α-hetero) is 1. The molecule has 0 saturated carbocycles. The van der Waals surface area contributed by atoms with Crippen molar-refractivity contribution in [1.82, 2.24) is 0 Å². The van der Waals surface area contributed by atoms with E-state index < -0.39 is 0 Å². The second-order valence-electron chi connectivity index (χ2n) is 3.84. The lowest BCUT2D eigenvalue weighted by Crippen LogP contribution is -2.08. The van der Waals surface area contributed by atoms with Crippen molar-refractivity contribution in [3.63, 3.8) is 0 Å². The fraction of sp³-hybridized carbons (Fsp3) is 0.214. The predicted octanol–water partition coefficient (Wildman–Crippen LogP) is 3.84. The van der Waals surface area contributed by atoms with Gasteiger partial charge in [-0.3, -0.25) is 4.79 Å². The molecule has 1 aliphatic carbocycles. The van der Waals surface area contributed by atoms with Crippen molar-refractivity contribution in [2.75, 3.05) is 7.11 Å². The Hall–Kier alpha value is -1.35. The Kier molecular flexibility index (Phi) is 3.79. The first-order valence-electron chi connectivity index (χ1n) is 5.45. The molecule has 0 bridgehead atoms. The van der Waals surface area contributed by atoms with Crippen LogP contribution >= 0.6 is 15.9 Å². The van der Waals surface area contributed by atoms with E-state index in [9.17, 15) is 4.79 Å². The van der Waals surface area contributed by atoms with Gasteiger partial charge in [-0.15, -0.1) is 0 Å². The van der Waals surface area contributed by atoms with Crippen molar-refractivity contribution in [1.29, 1.82) is 0 Å². The fourth-order valence-corrected chi connectivity index (χ4v) is 2.27. The van der Waals surface area contributed by atoms with E-state index in [1.165, 1.54) is 0 Å². The molecule has 17 heavy (non-hydrogen) atoms. The quantitative estimate of drug-likeness (QED) is 0.791. The average molecular weight is 293 g/mol. The monoisotopic (exact) mass is 292 g/mol. The molecule has 3 heteroatoms. The second-order valence-corrected chi connectivity index (χ2v) is 4.80. The first-order chi connectivity index (χ1) is 8.22. The zero-order valence-electron chi connectivity index (χ0n) is 9.57. The van der Waals surface area contributed by atoms with Crippen LogP contribution in [0.1, 0.15) is 23.2 Å². The molecule has 2 rings (SSSR count). The molecule has 0 heterocycles. The van der Waals surface area contributed by atoms with Gasteiger partial charge < -0.3 is 4.74 Å². The van der Waals surface area contributed by atoms with Crippen LogP contribution in [0.3, 0.4) is 0 Å². The fourth-order valence-electron chi connectivity index (χ4n) is 1.80. The first-order valence-corrected chi connectivity index (χ1v) is 6.24. The molecule has 0 aliphatic heterocycles. The van der Waals surface area contributed by atoms with Gasteiger partial charge in [0.1, 0.15) is 5.76 Å². The van der Waals surface area contributed by atoms with Crippen molar-refractivity contribution >= 4 is 21.7 Å².